The van der Waals surface area contributed by atoms with E-state index in [1.54, 1.807) is 35.7 Å². The van der Waals surface area contributed by atoms with Gasteiger partial charge in [0.25, 0.3) is 5.88 Å². The summed E-state index contributed by atoms with van der Waals surface area (Å²) in [6.07, 6.45) is 3.38. The molecule has 0 aromatic carbocycles. The second-order valence-corrected chi connectivity index (χ2v) is 5.05. The summed E-state index contributed by atoms with van der Waals surface area (Å²) >= 11 is 9.25. The fourth-order valence-corrected chi connectivity index (χ4v) is 2.25. The number of hydrogen-bond donors (Lipinski definition) is 1. The maximum absolute atomic E-state index is 5.91. The van der Waals surface area contributed by atoms with Crippen LogP contribution in [-0.4, -0.2) is 36.5 Å². The van der Waals surface area contributed by atoms with E-state index in [1.807, 2.05) is 0 Å². The third-order valence-electron chi connectivity index (χ3n) is 2.54. The van der Waals surface area contributed by atoms with E-state index >= 15 is 0 Å². The van der Waals surface area contributed by atoms with Crippen molar-refractivity contribution < 1.29 is 4.74 Å². The first-order chi connectivity index (χ1) is 9.58. The predicted octanol–water partition coefficient (Wildman–Crippen LogP) is 2.03. The maximum Gasteiger partial charge on any atom is 0.256 e. The molecule has 0 aliphatic carbocycles. The molecule has 3 heterocycles. The second-order valence-electron chi connectivity index (χ2n) is 3.90. The van der Waals surface area contributed by atoms with Crippen molar-refractivity contribution in [3.63, 3.8) is 0 Å². The van der Waals surface area contributed by atoms with Crippen LogP contribution < -0.4 is 10.1 Å². The predicted molar refractivity (Wildman–Crippen MR) is 76.5 cm³/mol. The number of aromatic nitrogens is 6. The molecule has 0 amide bonds. The summed E-state index contributed by atoms with van der Waals surface area (Å²) in [7, 11) is 3.34. The van der Waals surface area contributed by atoms with Crippen LogP contribution in [0.5, 0.6) is 5.88 Å². The van der Waals surface area contributed by atoms with Crippen LogP contribution in [0.3, 0.4) is 0 Å². The first-order valence-corrected chi connectivity index (χ1v) is 6.67. The molecule has 1 N–H and O–H groups in total. The number of anilines is 2. The van der Waals surface area contributed by atoms with Crippen molar-refractivity contribution in [2.24, 2.45) is 7.05 Å². The molecule has 0 spiro atoms. The van der Waals surface area contributed by atoms with E-state index in [1.165, 1.54) is 0 Å². The molecular weight excluding hydrogens is 350 g/mol. The molecule has 8 nitrogen and oxygen atoms in total. The van der Waals surface area contributed by atoms with Crippen molar-refractivity contribution in [3.8, 4) is 5.88 Å². The fourth-order valence-electron chi connectivity index (χ4n) is 1.74. The molecule has 0 radical (unpaired) electrons. The van der Waals surface area contributed by atoms with Crippen molar-refractivity contribution in [2.75, 3.05) is 12.4 Å². The van der Waals surface area contributed by atoms with Gasteiger partial charge in [-0.3, -0.25) is 4.68 Å². The highest BCUT2D eigenvalue weighted by Gasteiger charge is 2.14. The Morgan fingerprint density at radius 3 is 2.95 bits per heavy atom. The van der Waals surface area contributed by atoms with E-state index in [9.17, 15) is 0 Å². The molecule has 3 aromatic rings. The molecule has 3 rings (SSSR count). The van der Waals surface area contributed by atoms with Gasteiger partial charge in [0.2, 0.25) is 5.28 Å². The minimum absolute atomic E-state index is 0.0987. The zero-order chi connectivity index (χ0) is 14.3. The van der Waals surface area contributed by atoms with E-state index in [2.05, 4.69) is 41.4 Å². The Hall–Kier alpha value is -1.87. The van der Waals surface area contributed by atoms with Gasteiger partial charge in [-0.1, -0.05) is 0 Å². The molecule has 0 unspecified atom stereocenters. The molecule has 0 saturated carbocycles. The highest BCUT2D eigenvalue weighted by molar-refractivity contribution is 9.10. The Balaban J connectivity index is 2.10. The Morgan fingerprint density at radius 2 is 2.20 bits per heavy atom. The monoisotopic (exact) mass is 357 g/mol. The smallest absolute Gasteiger partial charge is 0.256 e. The molecule has 0 aliphatic rings. The molecule has 20 heavy (non-hydrogen) atoms. The molecule has 0 atom stereocenters. The number of imidazole rings is 1. The van der Waals surface area contributed by atoms with Crippen molar-refractivity contribution in [3.05, 3.63) is 22.3 Å². The average molecular weight is 359 g/mol. The summed E-state index contributed by atoms with van der Waals surface area (Å²) in [4.78, 5) is 8.36. The standard InChI is InChI=1S/C10H9BrClN7O/c1-18-4-5(9(16-18)20-2)14-7-8-13-3-6(11)19(8)17-10(12)15-7/h3-4H,1-2H3,(H,14,15,17). The van der Waals surface area contributed by atoms with Crippen LogP contribution in [0.2, 0.25) is 5.28 Å². The highest BCUT2D eigenvalue weighted by atomic mass is 79.9. The largest absolute Gasteiger partial charge is 0.478 e. The number of nitrogens with zero attached hydrogens (tertiary/aromatic N) is 6. The molecule has 0 bridgehead atoms. The fraction of sp³-hybridized carbons (Fsp3) is 0.200. The average Bonchev–Trinajstić information content (AvgIpc) is 2.94. The first kappa shape index (κ1) is 13.1. The summed E-state index contributed by atoms with van der Waals surface area (Å²) in [5.74, 6) is 0.910. The van der Waals surface area contributed by atoms with Gasteiger partial charge in [0, 0.05) is 7.05 Å². The summed E-state index contributed by atoms with van der Waals surface area (Å²) in [5, 5.41) is 11.4. The lowest BCUT2D eigenvalue weighted by Gasteiger charge is -2.06. The lowest BCUT2D eigenvalue weighted by molar-refractivity contribution is 0.393. The van der Waals surface area contributed by atoms with Gasteiger partial charge in [0.05, 0.1) is 19.5 Å². The lowest BCUT2D eigenvalue weighted by Crippen LogP contribution is -2.02. The third-order valence-corrected chi connectivity index (χ3v) is 3.24. The van der Waals surface area contributed by atoms with Gasteiger partial charge < -0.3 is 10.1 Å². The lowest BCUT2D eigenvalue weighted by atomic mass is 10.5. The maximum atomic E-state index is 5.91. The van der Waals surface area contributed by atoms with Crippen LogP contribution in [0.25, 0.3) is 5.65 Å². The number of aryl methyl sites for hydroxylation is 1. The van der Waals surface area contributed by atoms with E-state index in [0.717, 1.165) is 0 Å². The van der Waals surface area contributed by atoms with Gasteiger partial charge in [-0.2, -0.15) is 4.98 Å². The SMILES string of the molecule is COc1nn(C)cc1Nc1nc(Cl)nn2c(Br)cnc12. The Bertz CT molecular complexity index is 783. The number of rotatable bonds is 3. The number of halogens is 2. The van der Waals surface area contributed by atoms with Crippen molar-refractivity contribution in [2.45, 2.75) is 0 Å². The number of methoxy groups -OCH3 is 1. The molecule has 10 heteroatoms. The van der Waals surface area contributed by atoms with Crippen LogP contribution in [0.15, 0.2) is 17.0 Å². The number of ether oxygens (including phenoxy) is 1. The first-order valence-electron chi connectivity index (χ1n) is 5.50. The van der Waals surface area contributed by atoms with E-state index in [0.29, 0.717) is 27.6 Å². The molecule has 104 valence electrons. The van der Waals surface area contributed by atoms with Gasteiger partial charge >= 0.3 is 0 Å². The van der Waals surface area contributed by atoms with E-state index in [-0.39, 0.29) is 5.28 Å². The van der Waals surface area contributed by atoms with E-state index in [4.69, 9.17) is 16.3 Å². The summed E-state index contributed by atoms with van der Waals surface area (Å²) < 4.78 is 9.03. The van der Waals surface area contributed by atoms with Crippen LogP contribution in [-0.2, 0) is 7.05 Å². The molecule has 0 saturated heterocycles. The normalized spacial score (nSPS) is 11.0. The minimum atomic E-state index is 0.0987. The number of fused-ring (bicyclic) bond motifs is 1. The topological polar surface area (TPSA) is 82.2 Å². The molecule has 3 aromatic heterocycles. The summed E-state index contributed by atoms with van der Waals surface area (Å²) in [6, 6.07) is 0. The molecular formula is C10H9BrClN7O. The molecule has 0 aliphatic heterocycles. The molecule has 0 fully saturated rings. The van der Waals surface area contributed by atoms with Gasteiger partial charge in [-0.25, -0.2) is 9.50 Å². The Morgan fingerprint density at radius 1 is 1.40 bits per heavy atom. The Labute approximate surface area is 126 Å². The van der Waals surface area contributed by atoms with Crippen LogP contribution in [0.4, 0.5) is 11.5 Å². The Kier molecular flexibility index (Phi) is 3.22. The number of hydrogen-bond acceptors (Lipinski definition) is 6. The third kappa shape index (κ3) is 2.18. The van der Waals surface area contributed by atoms with Crippen LogP contribution in [0, 0.1) is 0 Å². The van der Waals surface area contributed by atoms with Crippen molar-refractivity contribution in [1.29, 1.82) is 0 Å². The van der Waals surface area contributed by atoms with Crippen molar-refractivity contribution in [1.82, 2.24) is 29.4 Å². The second kappa shape index (κ2) is 4.91. The highest BCUT2D eigenvalue weighted by Crippen LogP contribution is 2.27. The van der Waals surface area contributed by atoms with E-state index < -0.39 is 0 Å². The summed E-state index contributed by atoms with van der Waals surface area (Å²) in [5.41, 5.74) is 1.19. The summed E-state index contributed by atoms with van der Waals surface area (Å²) in [6.45, 7) is 0. The zero-order valence-corrected chi connectivity index (χ0v) is 12.8. The number of nitrogens with one attached hydrogen (secondary N) is 1. The van der Waals surface area contributed by atoms with Gasteiger partial charge in [-0.15, -0.1) is 10.2 Å². The minimum Gasteiger partial charge on any atom is -0.478 e. The zero-order valence-electron chi connectivity index (χ0n) is 10.5. The van der Waals surface area contributed by atoms with Gasteiger partial charge in [0.15, 0.2) is 11.5 Å². The van der Waals surface area contributed by atoms with Crippen LogP contribution in [0.1, 0.15) is 0 Å². The quantitative estimate of drug-likeness (QED) is 0.771. The van der Waals surface area contributed by atoms with Gasteiger partial charge in [0.1, 0.15) is 10.3 Å². The van der Waals surface area contributed by atoms with Gasteiger partial charge in [-0.05, 0) is 27.5 Å². The van der Waals surface area contributed by atoms with Crippen LogP contribution >= 0.6 is 27.5 Å². The van der Waals surface area contributed by atoms with Crippen molar-refractivity contribution >= 4 is 44.7 Å².